The summed E-state index contributed by atoms with van der Waals surface area (Å²) in [5.74, 6) is 0.796. The van der Waals surface area contributed by atoms with Crippen molar-refractivity contribution in [3.63, 3.8) is 0 Å². The Bertz CT molecular complexity index is 1180. The lowest BCUT2D eigenvalue weighted by Crippen LogP contribution is -2.42. The number of benzene rings is 2. The van der Waals surface area contributed by atoms with Crippen LogP contribution in [0.2, 0.25) is 0 Å². The minimum Gasteiger partial charge on any atom is -0.383 e. The van der Waals surface area contributed by atoms with E-state index in [4.69, 9.17) is 9.72 Å². The predicted molar refractivity (Wildman–Crippen MR) is 135 cm³/mol. The molecule has 6 nitrogen and oxygen atoms in total. The number of rotatable bonds is 9. The number of hydrogen-bond donors (Lipinski definition) is 0. The van der Waals surface area contributed by atoms with Crippen molar-refractivity contribution in [1.29, 1.82) is 0 Å². The fraction of sp³-hybridized carbons (Fsp3) is 0.464. The van der Waals surface area contributed by atoms with Crippen molar-refractivity contribution in [3.05, 3.63) is 70.3 Å². The fourth-order valence-corrected chi connectivity index (χ4v) is 5.06. The Labute approximate surface area is 201 Å². The molecule has 1 aromatic heterocycles. The van der Waals surface area contributed by atoms with Gasteiger partial charge in [-0.05, 0) is 55.5 Å². The van der Waals surface area contributed by atoms with Gasteiger partial charge < -0.3 is 9.64 Å². The van der Waals surface area contributed by atoms with Crippen molar-refractivity contribution in [2.24, 2.45) is 5.92 Å². The van der Waals surface area contributed by atoms with Crippen molar-refractivity contribution >= 4 is 16.8 Å². The first-order valence-electron chi connectivity index (χ1n) is 12.5. The molecule has 1 amide bonds. The van der Waals surface area contributed by atoms with Gasteiger partial charge in [0.15, 0.2) is 0 Å². The molecule has 1 heterocycles. The molecule has 1 fully saturated rings. The van der Waals surface area contributed by atoms with Gasteiger partial charge in [-0.2, -0.15) is 0 Å². The average Bonchev–Trinajstić information content (AvgIpc) is 3.41. The van der Waals surface area contributed by atoms with Gasteiger partial charge in [-0.3, -0.25) is 14.2 Å². The molecule has 3 aromatic rings. The molecular formula is C28H35N3O3. The van der Waals surface area contributed by atoms with E-state index in [2.05, 4.69) is 13.8 Å². The molecule has 180 valence electrons. The summed E-state index contributed by atoms with van der Waals surface area (Å²) < 4.78 is 7.07. The van der Waals surface area contributed by atoms with E-state index >= 15 is 0 Å². The Morgan fingerprint density at radius 2 is 1.82 bits per heavy atom. The Kier molecular flexibility index (Phi) is 7.78. The summed E-state index contributed by atoms with van der Waals surface area (Å²) in [7, 11) is 1.65. The topological polar surface area (TPSA) is 64.4 Å². The van der Waals surface area contributed by atoms with E-state index in [9.17, 15) is 9.59 Å². The van der Waals surface area contributed by atoms with Crippen LogP contribution >= 0.6 is 0 Å². The molecule has 0 bridgehead atoms. The van der Waals surface area contributed by atoms with Gasteiger partial charge >= 0.3 is 0 Å². The predicted octanol–water partition coefficient (Wildman–Crippen LogP) is 5.06. The zero-order valence-electron chi connectivity index (χ0n) is 20.5. The third-order valence-corrected chi connectivity index (χ3v) is 6.99. The number of hydrogen-bond acceptors (Lipinski definition) is 4. The number of aromatic nitrogens is 2. The molecule has 0 aliphatic heterocycles. The first kappa shape index (κ1) is 24.1. The largest absolute Gasteiger partial charge is 0.383 e. The minimum atomic E-state index is -0.327. The van der Waals surface area contributed by atoms with Gasteiger partial charge in [-0.1, -0.05) is 51.0 Å². The van der Waals surface area contributed by atoms with Crippen molar-refractivity contribution < 1.29 is 9.53 Å². The van der Waals surface area contributed by atoms with E-state index in [0.717, 1.165) is 37.8 Å². The molecule has 0 radical (unpaired) electrons. The summed E-state index contributed by atoms with van der Waals surface area (Å²) in [6.07, 6.45) is 5.61. The number of nitrogens with zero attached hydrogens (tertiary/aromatic N) is 3. The van der Waals surface area contributed by atoms with Gasteiger partial charge in [0.1, 0.15) is 5.82 Å². The van der Waals surface area contributed by atoms with Crippen LogP contribution in [-0.2, 0) is 16.0 Å². The Hall–Kier alpha value is -2.99. The normalized spacial score (nSPS) is 15.0. The molecule has 6 heteroatoms. The summed E-state index contributed by atoms with van der Waals surface area (Å²) in [5.41, 5.74) is 2.52. The summed E-state index contributed by atoms with van der Waals surface area (Å²) in [5, 5.41) is 0.575. The monoisotopic (exact) mass is 461 g/mol. The van der Waals surface area contributed by atoms with Gasteiger partial charge in [0.05, 0.1) is 29.2 Å². The van der Waals surface area contributed by atoms with Crippen molar-refractivity contribution in [2.45, 2.75) is 58.4 Å². The summed E-state index contributed by atoms with van der Waals surface area (Å²) in [6, 6.07) is 15.2. The van der Waals surface area contributed by atoms with Crippen LogP contribution in [0.3, 0.4) is 0 Å². The van der Waals surface area contributed by atoms with Crippen LogP contribution < -0.4 is 5.56 Å². The highest BCUT2D eigenvalue weighted by molar-refractivity contribution is 5.80. The maximum absolute atomic E-state index is 13.8. The fourth-order valence-electron chi connectivity index (χ4n) is 5.06. The van der Waals surface area contributed by atoms with E-state index in [1.807, 2.05) is 53.4 Å². The molecule has 4 rings (SSSR count). The quantitative estimate of drug-likeness (QED) is 0.447. The molecule has 2 aromatic carbocycles. The molecule has 1 aliphatic carbocycles. The summed E-state index contributed by atoms with van der Waals surface area (Å²) >= 11 is 0. The molecule has 0 spiro atoms. The lowest BCUT2D eigenvalue weighted by molar-refractivity contribution is -0.139. The number of carbonyl (C=O) groups excluding carboxylic acids is 1. The molecule has 1 unspecified atom stereocenters. The number of ether oxygens (including phenoxy) is 1. The number of fused-ring (bicyclic) bond motifs is 1. The lowest BCUT2D eigenvalue weighted by atomic mass is 10.0. The highest BCUT2D eigenvalue weighted by Gasteiger charge is 2.34. The van der Waals surface area contributed by atoms with Crippen LogP contribution in [0.5, 0.6) is 0 Å². The second kappa shape index (κ2) is 11.0. The van der Waals surface area contributed by atoms with Crippen LogP contribution in [0, 0.1) is 5.92 Å². The Morgan fingerprint density at radius 3 is 2.47 bits per heavy atom. The number of carbonyl (C=O) groups is 1. The maximum Gasteiger partial charge on any atom is 0.266 e. The van der Waals surface area contributed by atoms with Crippen LogP contribution in [-0.4, -0.2) is 40.6 Å². The SMILES string of the molecule is CCc1ccc(-n2c(C(CC)N(CCOC)C(=O)C3CCCC3)nc3ccccc3c2=O)cc1. The van der Waals surface area contributed by atoms with Crippen LogP contribution in [0.1, 0.15) is 63.4 Å². The van der Waals surface area contributed by atoms with Gasteiger partial charge in [0.2, 0.25) is 5.91 Å². The van der Waals surface area contributed by atoms with Crippen LogP contribution in [0.15, 0.2) is 53.3 Å². The number of amides is 1. The van der Waals surface area contributed by atoms with Gasteiger partial charge in [0.25, 0.3) is 5.56 Å². The summed E-state index contributed by atoms with van der Waals surface area (Å²) in [6.45, 7) is 5.08. The first-order valence-corrected chi connectivity index (χ1v) is 12.5. The minimum absolute atomic E-state index is 0.0374. The van der Waals surface area contributed by atoms with E-state index in [0.29, 0.717) is 36.3 Å². The average molecular weight is 462 g/mol. The number of aryl methyl sites for hydroxylation is 1. The molecule has 1 aliphatic rings. The molecule has 1 saturated carbocycles. The summed E-state index contributed by atoms with van der Waals surface area (Å²) in [4.78, 5) is 34.3. The van der Waals surface area contributed by atoms with E-state index in [-0.39, 0.29) is 23.4 Å². The smallest absolute Gasteiger partial charge is 0.266 e. The van der Waals surface area contributed by atoms with E-state index < -0.39 is 0 Å². The molecule has 34 heavy (non-hydrogen) atoms. The van der Waals surface area contributed by atoms with Crippen molar-refractivity contribution in [1.82, 2.24) is 14.5 Å². The second-order valence-corrected chi connectivity index (χ2v) is 9.08. The lowest BCUT2D eigenvalue weighted by Gasteiger charge is -2.34. The second-order valence-electron chi connectivity index (χ2n) is 9.08. The van der Waals surface area contributed by atoms with Crippen molar-refractivity contribution in [2.75, 3.05) is 20.3 Å². The number of methoxy groups -OCH3 is 1. The van der Waals surface area contributed by atoms with Gasteiger partial charge in [-0.15, -0.1) is 0 Å². The zero-order valence-corrected chi connectivity index (χ0v) is 20.5. The highest BCUT2D eigenvalue weighted by Crippen LogP contribution is 2.32. The maximum atomic E-state index is 13.8. The third-order valence-electron chi connectivity index (χ3n) is 6.99. The van der Waals surface area contributed by atoms with Crippen LogP contribution in [0.25, 0.3) is 16.6 Å². The first-order chi connectivity index (χ1) is 16.6. The zero-order chi connectivity index (χ0) is 24.1. The van der Waals surface area contributed by atoms with Crippen LogP contribution in [0.4, 0.5) is 0 Å². The molecular weight excluding hydrogens is 426 g/mol. The molecule has 0 N–H and O–H groups in total. The Morgan fingerprint density at radius 1 is 1.12 bits per heavy atom. The van der Waals surface area contributed by atoms with E-state index in [1.54, 1.807) is 11.7 Å². The van der Waals surface area contributed by atoms with Gasteiger partial charge in [-0.25, -0.2) is 4.98 Å². The standard InChI is InChI=1S/C28H35N3O3/c1-4-20-14-16-22(17-15-20)31-26(29-24-13-9-8-12-23(24)28(31)33)25(5-2)30(18-19-34-3)27(32)21-10-6-7-11-21/h8-9,12-17,21,25H,4-7,10-11,18-19H2,1-3H3. The van der Waals surface area contributed by atoms with Crippen molar-refractivity contribution in [3.8, 4) is 5.69 Å². The molecule has 0 saturated heterocycles. The third kappa shape index (κ3) is 4.78. The van der Waals surface area contributed by atoms with Gasteiger partial charge in [0, 0.05) is 19.6 Å². The molecule has 1 atom stereocenters. The number of para-hydroxylation sites is 1. The van der Waals surface area contributed by atoms with E-state index in [1.165, 1.54) is 5.56 Å². The highest BCUT2D eigenvalue weighted by atomic mass is 16.5. The Balaban J connectivity index is 1.89.